The van der Waals surface area contributed by atoms with Gasteiger partial charge < -0.3 is 19.9 Å². The van der Waals surface area contributed by atoms with E-state index in [1.807, 2.05) is 30.3 Å². The summed E-state index contributed by atoms with van der Waals surface area (Å²) in [6.07, 6.45) is 0. The van der Waals surface area contributed by atoms with Crippen LogP contribution in [0.3, 0.4) is 0 Å². The summed E-state index contributed by atoms with van der Waals surface area (Å²) in [5.74, 6) is 0.0783. The Balaban J connectivity index is 1.57. The first kappa shape index (κ1) is 23.1. The van der Waals surface area contributed by atoms with Crippen molar-refractivity contribution in [3.63, 3.8) is 0 Å². The molecule has 0 saturated heterocycles. The van der Waals surface area contributed by atoms with Crippen LogP contribution in [-0.2, 0) is 20.1 Å². The van der Waals surface area contributed by atoms with Crippen LogP contribution < -0.4 is 10.6 Å². The number of thioether (sulfide) groups is 1. The number of anilines is 1. The van der Waals surface area contributed by atoms with Crippen molar-refractivity contribution in [2.45, 2.75) is 18.7 Å². The minimum Gasteiger partial charge on any atom is -0.454 e. The standard InChI is InChI=1S/C23H23N3O5S/c1-16-12-20(26-31-16)25-21(27)13-30-23(29)19(15-32-14-17-8-4-2-5-9-17)24-22(28)18-10-6-3-7-11-18/h2-12,19H,13-15H2,1H3,(H,24,28)(H,25,26,27). The Hall–Kier alpha value is -3.59. The highest BCUT2D eigenvalue weighted by molar-refractivity contribution is 7.98. The molecular weight excluding hydrogens is 430 g/mol. The van der Waals surface area contributed by atoms with E-state index in [2.05, 4.69) is 15.8 Å². The van der Waals surface area contributed by atoms with E-state index >= 15 is 0 Å². The van der Waals surface area contributed by atoms with Gasteiger partial charge in [0.15, 0.2) is 12.4 Å². The predicted molar refractivity (Wildman–Crippen MR) is 121 cm³/mol. The number of aryl methyl sites for hydroxylation is 1. The molecule has 2 amide bonds. The van der Waals surface area contributed by atoms with Gasteiger partial charge in [-0.05, 0) is 24.6 Å². The number of carbonyl (C=O) groups excluding carboxylic acids is 3. The fraction of sp³-hybridized carbons (Fsp3) is 0.217. The van der Waals surface area contributed by atoms with E-state index in [1.165, 1.54) is 11.8 Å². The normalized spacial score (nSPS) is 11.4. The van der Waals surface area contributed by atoms with Crippen LogP contribution in [0.1, 0.15) is 21.7 Å². The van der Waals surface area contributed by atoms with Crippen LogP contribution in [0.2, 0.25) is 0 Å². The molecule has 8 nitrogen and oxygen atoms in total. The molecule has 0 bridgehead atoms. The van der Waals surface area contributed by atoms with Crippen LogP contribution in [0.25, 0.3) is 0 Å². The van der Waals surface area contributed by atoms with Crippen molar-refractivity contribution in [2.75, 3.05) is 17.7 Å². The van der Waals surface area contributed by atoms with Gasteiger partial charge in [-0.3, -0.25) is 9.59 Å². The Labute approximate surface area is 189 Å². The fourth-order valence-electron chi connectivity index (χ4n) is 2.71. The van der Waals surface area contributed by atoms with E-state index in [4.69, 9.17) is 9.26 Å². The maximum absolute atomic E-state index is 12.6. The molecular formula is C23H23N3O5S. The van der Waals surface area contributed by atoms with Crippen LogP contribution >= 0.6 is 11.8 Å². The van der Waals surface area contributed by atoms with Crippen LogP contribution in [0.5, 0.6) is 0 Å². The lowest BCUT2D eigenvalue weighted by molar-refractivity contribution is -0.148. The summed E-state index contributed by atoms with van der Waals surface area (Å²) in [4.78, 5) is 37.2. The summed E-state index contributed by atoms with van der Waals surface area (Å²) in [7, 11) is 0. The van der Waals surface area contributed by atoms with Gasteiger partial charge in [-0.1, -0.05) is 53.7 Å². The lowest BCUT2D eigenvalue weighted by Crippen LogP contribution is -2.44. The molecule has 0 fully saturated rings. The average molecular weight is 454 g/mol. The highest BCUT2D eigenvalue weighted by atomic mass is 32.2. The van der Waals surface area contributed by atoms with Crippen molar-refractivity contribution in [2.24, 2.45) is 0 Å². The highest BCUT2D eigenvalue weighted by Crippen LogP contribution is 2.14. The van der Waals surface area contributed by atoms with Gasteiger partial charge in [-0.25, -0.2) is 4.79 Å². The van der Waals surface area contributed by atoms with Crippen LogP contribution in [0.4, 0.5) is 5.82 Å². The summed E-state index contributed by atoms with van der Waals surface area (Å²) >= 11 is 1.48. The Morgan fingerprint density at radius 1 is 1.06 bits per heavy atom. The Kier molecular flexibility index (Phi) is 8.44. The average Bonchev–Trinajstić information content (AvgIpc) is 3.22. The number of hydrogen-bond donors (Lipinski definition) is 2. The van der Waals surface area contributed by atoms with Gasteiger partial charge in [0.2, 0.25) is 0 Å². The number of amides is 2. The lowest BCUT2D eigenvalue weighted by atomic mass is 10.2. The molecule has 0 radical (unpaired) electrons. The van der Waals surface area contributed by atoms with Gasteiger partial charge in [0.05, 0.1) is 0 Å². The SMILES string of the molecule is Cc1cc(NC(=O)COC(=O)C(CSCc2ccccc2)NC(=O)c2ccccc2)no1. The smallest absolute Gasteiger partial charge is 0.330 e. The molecule has 166 valence electrons. The second-order valence-electron chi connectivity index (χ2n) is 6.87. The molecule has 32 heavy (non-hydrogen) atoms. The maximum Gasteiger partial charge on any atom is 0.330 e. The fourth-order valence-corrected chi connectivity index (χ4v) is 3.71. The molecule has 0 aliphatic carbocycles. The van der Waals surface area contributed by atoms with E-state index in [1.54, 1.807) is 43.3 Å². The van der Waals surface area contributed by atoms with E-state index in [0.29, 0.717) is 17.1 Å². The van der Waals surface area contributed by atoms with Gasteiger partial charge in [-0.15, -0.1) is 0 Å². The van der Waals surface area contributed by atoms with Gasteiger partial charge in [-0.2, -0.15) is 11.8 Å². The largest absolute Gasteiger partial charge is 0.454 e. The second kappa shape index (κ2) is 11.7. The number of hydrogen-bond acceptors (Lipinski definition) is 7. The molecule has 9 heteroatoms. The topological polar surface area (TPSA) is 111 Å². The molecule has 1 heterocycles. The van der Waals surface area contributed by atoms with E-state index in [-0.39, 0.29) is 11.6 Å². The van der Waals surface area contributed by atoms with Gasteiger partial charge in [0.1, 0.15) is 11.8 Å². The van der Waals surface area contributed by atoms with E-state index in [0.717, 1.165) is 5.56 Å². The minimum atomic E-state index is -0.918. The van der Waals surface area contributed by atoms with Crippen molar-refractivity contribution in [1.29, 1.82) is 0 Å². The molecule has 0 spiro atoms. The van der Waals surface area contributed by atoms with Gasteiger partial charge in [0.25, 0.3) is 11.8 Å². The van der Waals surface area contributed by atoms with Crippen LogP contribution in [0, 0.1) is 6.92 Å². The van der Waals surface area contributed by atoms with Crippen molar-refractivity contribution in [1.82, 2.24) is 10.5 Å². The zero-order valence-corrected chi connectivity index (χ0v) is 18.3. The summed E-state index contributed by atoms with van der Waals surface area (Å²) < 4.78 is 10.0. The molecule has 2 aromatic carbocycles. The number of nitrogens with one attached hydrogen (secondary N) is 2. The molecule has 1 aromatic heterocycles. The number of ether oxygens (including phenoxy) is 1. The molecule has 2 N–H and O–H groups in total. The summed E-state index contributed by atoms with van der Waals surface area (Å²) in [6.45, 7) is 1.18. The molecule has 3 aromatic rings. The quantitative estimate of drug-likeness (QED) is 0.454. The first-order valence-corrected chi connectivity index (χ1v) is 11.0. The van der Waals surface area contributed by atoms with E-state index < -0.39 is 30.4 Å². The van der Waals surface area contributed by atoms with Crippen molar-refractivity contribution < 1.29 is 23.6 Å². The summed E-state index contributed by atoms with van der Waals surface area (Å²) in [5, 5.41) is 8.83. The van der Waals surface area contributed by atoms with Crippen molar-refractivity contribution >= 4 is 35.4 Å². The van der Waals surface area contributed by atoms with Gasteiger partial charge >= 0.3 is 5.97 Å². The first-order valence-electron chi connectivity index (χ1n) is 9.88. The Morgan fingerprint density at radius 3 is 2.41 bits per heavy atom. The molecule has 1 atom stereocenters. The number of esters is 1. The Bertz CT molecular complexity index is 1040. The molecule has 1 unspecified atom stereocenters. The maximum atomic E-state index is 12.6. The summed E-state index contributed by atoms with van der Waals surface area (Å²) in [5.41, 5.74) is 1.53. The highest BCUT2D eigenvalue weighted by Gasteiger charge is 2.24. The van der Waals surface area contributed by atoms with Crippen molar-refractivity contribution in [3.05, 3.63) is 83.6 Å². The molecule has 0 aliphatic rings. The zero-order chi connectivity index (χ0) is 22.8. The number of rotatable bonds is 10. The third-order valence-corrected chi connectivity index (χ3v) is 5.37. The summed E-state index contributed by atoms with van der Waals surface area (Å²) in [6, 6.07) is 19.0. The molecule has 0 aliphatic heterocycles. The van der Waals surface area contributed by atoms with Crippen LogP contribution in [-0.4, -0.2) is 41.3 Å². The van der Waals surface area contributed by atoms with Crippen molar-refractivity contribution in [3.8, 4) is 0 Å². The third-order valence-electron chi connectivity index (χ3n) is 4.26. The first-order chi connectivity index (χ1) is 15.5. The molecule has 0 saturated carbocycles. The molecule has 3 rings (SSSR count). The number of aromatic nitrogens is 1. The number of benzene rings is 2. The third kappa shape index (κ3) is 7.28. The lowest BCUT2D eigenvalue weighted by Gasteiger charge is -2.17. The predicted octanol–water partition coefficient (Wildman–Crippen LogP) is 3.20. The Morgan fingerprint density at radius 2 is 1.75 bits per heavy atom. The van der Waals surface area contributed by atoms with E-state index in [9.17, 15) is 14.4 Å². The van der Waals surface area contributed by atoms with Crippen LogP contribution in [0.15, 0.2) is 71.3 Å². The number of nitrogens with zero attached hydrogens (tertiary/aromatic N) is 1. The zero-order valence-electron chi connectivity index (χ0n) is 17.4. The minimum absolute atomic E-state index is 0.232. The number of carbonyl (C=O) groups is 3. The van der Waals surface area contributed by atoms with Gasteiger partial charge in [0, 0.05) is 23.1 Å². The monoisotopic (exact) mass is 453 g/mol. The second-order valence-corrected chi connectivity index (χ2v) is 7.90.